The van der Waals surface area contributed by atoms with E-state index in [2.05, 4.69) is 5.32 Å². The van der Waals surface area contributed by atoms with E-state index < -0.39 is 0 Å². The Morgan fingerprint density at radius 3 is 2.42 bits per heavy atom. The number of amides is 1. The summed E-state index contributed by atoms with van der Waals surface area (Å²) in [5, 5.41) is 2.69. The molecule has 0 aliphatic carbocycles. The monoisotopic (exact) mass is 265 g/mol. The lowest BCUT2D eigenvalue weighted by Gasteiger charge is -2.07. The van der Waals surface area contributed by atoms with Crippen molar-refractivity contribution in [3.05, 3.63) is 29.8 Å². The summed E-state index contributed by atoms with van der Waals surface area (Å²) in [5.41, 5.74) is 0.484. The maximum absolute atomic E-state index is 11.4. The Morgan fingerprint density at radius 2 is 1.84 bits per heavy atom. The van der Waals surface area contributed by atoms with E-state index in [9.17, 15) is 9.59 Å². The Morgan fingerprint density at radius 1 is 1.16 bits per heavy atom. The van der Waals surface area contributed by atoms with Crippen LogP contribution in [0.1, 0.15) is 30.6 Å². The zero-order valence-electron chi connectivity index (χ0n) is 11.3. The van der Waals surface area contributed by atoms with Crippen LogP contribution in [0.15, 0.2) is 24.3 Å². The number of esters is 1. The topological polar surface area (TPSA) is 64.6 Å². The Bertz CT molecular complexity index is 414. The lowest BCUT2D eigenvalue weighted by atomic mass is 10.2. The Balaban J connectivity index is 2.40. The van der Waals surface area contributed by atoms with E-state index in [1.54, 1.807) is 31.2 Å². The second kappa shape index (κ2) is 8.13. The maximum atomic E-state index is 11.4. The minimum Gasteiger partial charge on any atom is -0.493 e. The molecule has 0 unspecified atom stereocenters. The van der Waals surface area contributed by atoms with Crippen LogP contribution >= 0.6 is 0 Å². The van der Waals surface area contributed by atoms with Gasteiger partial charge in [-0.05, 0) is 38.1 Å². The Labute approximate surface area is 112 Å². The van der Waals surface area contributed by atoms with Gasteiger partial charge in [-0.2, -0.15) is 0 Å². The Kier molecular flexibility index (Phi) is 6.43. The second-order valence-electron chi connectivity index (χ2n) is 3.80. The molecule has 0 saturated heterocycles. The lowest BCUT2D eigenvalue weighted by Crippen LogP contribution is -2.24. The van der Waals surface area contributed by atoms with Gasteiger partial charge in [-0.25, -0.2) is 4.79 Å². The van der Waals surface area contributed by atoms with Gasteiger partial charge in [0.15, 0.2) is 0 Å². The molecule has 0 atom stereocenters. The summed E-state index contributed by atoms with van der Waals surface area (Å²) in [7, 11) is 0. The van der Waals surface area contributed by atoms with Crippen molar-refractivity contribution in [3.8, 4) is 5.75 Å². The van der Waals surface area contributed by atoms with Crippen LogP contribution in [-0.4, -0.2) is 31.6 Å². The van der Waals surface area contributed by atoms with Gasteiger partial charge in [0.05, 0.1) is 25.2 Å². The fourth-order valence-electron chi connectivity index (χ4n) is 1.45. The summed E-state index contributed by atoms with van der Waals surface area (Å²) in [6.07, 6.45) is 0.313. The summed E-state index contributed by atoms with van der Waals surface area (Å²) in [6.45, 7) is 4.91. The van der Waals surface area contributed by atoms with Crippen molar-refractivity contribution in [2.45, 2.75) is 20.3 Å². The third-order valence-electron chi connectivity index (χ3n) is 2.34. The average molecular weight is 265 g/mol. The van der Waals surface area contributed by atoms with Crippen LogP contribution in [0.25, 0.3) is 0 Å². The first kappa shape index (κ1) is 15.0. The van der Waals surface area contributed by atoms with E-state index >= 15 is 0 Å². The fraction of sp³-hybridized carbons (Fsp3) is 0.429. The smallest absolute Gasteiger partial charge is 0.338 e. The molecule has 0 bridgehead atoms. The first-order valence-corrected chi connectivity index (χ1v) is 6.34. The average Bonchev–Trinajstić information content (AvgIpc) is 2.40. The van der Waals surface area contributed by atoms with E-state index in [4.69, 9.17) is 9.47 Å². The highest BCUT2D eigenvalue weighted by Gasteiger charge is 2.06. The molecule has 1 amide bonds. The van der Waals surface area contributed by atoms with Crippen LogP contribution in [-0.2, 0) is 9.53 Å². The van der Waals surface area contributed by atoms with Gasteiger partial charge in [-0.1, -0.05) is 0 Å². The number of nitrogens with one attached hydrogen (secondary N) is 1. The number of ether oxygens (including phenoxy) is 2. The van der Waals surface area contributed by atoms with Crippen molar-refractivity contribution >= 4 is 11.9 Å². The molecular weight excluding hydrogens is 246 g/mol. The Hall–Kier alpha value is -2.04. The van der Waals surface area contributed by atoms with E-state index in [1.807, 2.05) is 6.92 Å². The van der Waals surface area contributed by atoms with Gasteiger partial charge in [0, 0.05) is 6.54 Å². The van der Waals surface area contributed by atoms with Crippen molar-refractivity contribution in [3.63, 3.8) is 0 Å². The summed E-state index contributed by atoms with van der Waals surface area (Å²) in [5.74, 6) is 0.236. The molecular formula is C14H19NO4. The molecule has 1 aromatic carbocycles. The predicted octanol–water partition coefficient (Wildman–Crippen LogP) is 1.77. The molecule has 0 saturated carbocycles. The van der Waals surface area contributed by atoms with Crippen molar-refractivity contribution in [1.82, 2.24) is 5.32 Å². The van der Waals surface area contributed by atoms with Crippen molar-refractivity contribution < 1.29 is 19.1 Å². The van der Waals surface area contributed by atoms with Gasteiger partial charge in [-0.3, -0.25) is 4.79 Å². The van der Waals surface area contributed by atoms with E-state index in [0.717, 1.165) is 0 Å². The minimum absolute atomic E-state index is 0.0364. The number of hydrogen-bond acceptors (Lipinski definition) is 4. The lowest BCUT2D eigenvalue weighted by molar-refractivity contribution is -0.121. The molecule has 1 rings (SSSR count). The van der Waals surface area contributed by atoms with E-state index in [1.165, 1.54) is 0 Å². The molecule has 0 heterocycles. The third kappa shape index (κ3) is 5.42. The molecule has 5 nitrogen and oxygen atoms in total. The van der Waals surface area contributed by atoms with Crippen LogP contribution in [0.3, 0.4) is 0 Å². The third-order valence-corrected chi connectivity index (χ3v) is 2.34. The van der Waals surface area contributed by atoms with Gasteiger partial charge >= 0.3 is 5.97 Å². The maximum Gasteiger partial charge on any atom is 0.338 e. The molecule has 0 aliphatic rings. The van der Waals surface area contributed by atoms with Gasteiger partial charge < -0.3 is 14.8 Å². The predicted molar refractivity (Wildman–Crippen MR) is 71.2 cm³/mol. The largest absolute Gasteiger partial charge is 0.493 e. The first-order chi connectivity index (χ1) is 9.17. The van der Waals surface area contributed by atoms with Crippen LogP contribution in [0.5, 0.6) is 5.75 Å². The van der Waals surface area contributed by atoms with E-state index in [0.29, 0.717) is 37.5 Å². The number of carbonyl (C=O) groups excluding carboxylic acids is 2. The molecule has 5 heteroatoms. The molecule has 1 N–H and O–H groups in total. The van der Waals surface area contributed by atoms with Crippen LogP contribution in [0, 0.1) is 0 Å². The highest BCUT2D eigenvalue weighted by atomic mass is 16.5. The minimum atomic E-state index is -0.351. The molecule has 0 aromatic heterocycles. The zero-order chi connectivity index (χ0) is 14.1. The quantitative estimate of drug-likeness (QED) is 0.763. The molecule has 104 valence electrons. The van der Waals surface area contributed by atoms with Gasteiger partial charge in [0.2, 0.25) is 5.91 Å². The molecule has 19 heavy (non-hydrogen) atoms. The number of hydrogen-bond donors (Lipinski definition) is 1. The van der Waals surface area contributed by atoms with Gasteiger partial charge in [0.25, 0.3) is 0 Å². The summed E-state index contributed by atoms with van der Waals surface area (Å²) >= 11 is 0. The molecule has 0 aliphatic heterocycles. The normalized spacial score (nSPS) is 9.79. The van der Waals surface area contributed by atoms with Crippen molar-refractivity contribution in [2.24, 2.45) is 0 Å². The first-order valence-electron chi connectivity index (χ1n) is 6.34. The molecule has 0 radical (unpaired) electrons. The van der Waals surface area contributed by atoms with Gasteiger partial charge in [-0.15, -0.1) is 0 Å². The standard InChI is InChI=1S/C14H19NO4/c1-3-15-13(16)9-10-19-12-7-5-11(6-8-12)14(17)18-4-2/h5-8H,3-4,9-10H2,1-2H3,(H,15,16). The SMILES string of the molecule is CCNC(=O)CCOc1ccc(C(=O)OCC)cc1. The number of rotatable bonds is 7. The second-order valence-corrected chi connectivity index (χ2v) is 3.80. The summed E-state index contributed by atoms with van der Waals surface area (Å²) in [4.78, 5) is 22.6. The van der Waals surface area contributed by atoms with E-state index in [-0.39, 0.29) is 11.9 Å². The van der Waals surface area contributed by atoms with Crippen molar-refractivity contribution in [1.29, 1.82) is 0 Å². The van der Waals surface area contributed by atoms with Crippen LogP contribution < -0.4 is 10.1 Å². The summed E-state index contributed by atoms with van der Waals surface area (Å²) in [6, 6.07) is 6.65. The van der Waals surface area contributed by atoms with Gasteiger partial charge in [0.1, 0.15) is 5.75 Å². The number of carbonyl (C=O) groups is 2. The highest BCUT2D eigenvalue weighted by Crippen LogP contribution is 2.13. The van der Waals surface area contributed by atoms with Crippen LogP contribution in [0.4, 0.5) is 0 Å². The molecule has 0 spiro atoms. The highest BCUT2D eigenvalue weighted by molar-refractivity contribution is 5.89. The summed E-state index contributed by atoms with van der Waals surface area (Å²) < 4.78 is 10.3. The van der Waals surface area contributed by atoms with Crippen LogP contribution in [0.2, 0.25) is 0 Å². The zero-order valence-corrected chi connectivity index (χ0v) is 11.3. The number of benzene rings is 1. The molecule has 0 fully saturated rings. The van der Waals surface area contributed by atoms with Crippen molar-refractivity contribution in [2.75, 3.05) is 19.8 Å². The molecule has 1 aromatic rings. The fourth-order valence-corrected chi connectivity index (χ4v) is 1.45.